The zero-order valence-corrected chi connectivity index (χ0v) is 13.7. The summed E-state index contributed by atoms with van der Waals surface area (Å²) in [5.74, 6) is -0.568. The van der Waals surface area contributed by atoms with Crippen molar-refractivity contribution in [3.05, 3.63) is 46.1 Å². The number of carbonyl (C=O) groups excluding carboxylic acids is 2. The van der Waals surface area contributed by atoms with Gasteiger partial charge in [-0.25, -0.2) is 4.79 Å². The zero-order valence-electron chi connectivity index (χ0n) is 12.9. The summed E-state index contributed by atoms with van der Waals surface area (Å²) in [5.41, 5.74) is 2.26. The van der Waals surface area contributed by atoms with Gasteiger partial charge in [0.25, 0.3) is 0 Å². The van der Waals surface area contributed by atoms with E-state index in [0.717, 1.165) is 31.2 Å². The fourth-order valence-corrected chi connectivity index (χ4v) is 4.05. The van der Waals surface area contributed by atoms with E-state index in [1.165, 1.54) is 23.1 Å². The van der Waals surface area contributed by atoms with E-state index in [1.807, 2.05) is 18.2 Å². The van der Waals surface area contributed by atoms with E-state index < -0.39 is 0 Å². The molecule has 0 saturated heterocycles. The Morgan fingerprint density at radius 2 is 2.13 bits per heavy atom. The molecule has 0 spiro atoms. The van der Waals surface area contributed by atoms with Crippen molar-refractivity contribution in [3.63, 3.8) is 0 Å². The maximum absolute atomic E-state index is 12.6. The monoisotopic (exact) mass is 330 g/mol. The van der Waals surface area contributed by atoms with Crippen LogP contribution in [-0.4, -0.2) is 16.9 Å². The number of hydrogen-bond donors (Lipinski definition) is 1. The summed E-state index contributed by atoms with van der Waals surface area (Å²) >= 11 is 1.49. The van der Waals surface area contributed by atoms with Crippen LogP contribution in [0, 0.1) is 0 Å². The molecule has 0 aromatic carbocycles. The van der Waals surface area contributed by atoms with E-state index >= 15 is 0 Å². The molecule has 0 atom stereocenters. The largest absolute Gasteiger partial charge is 0.455 e. The van der Waals surface area contributed by atoms with Crippen LogP contribution in [0.2, 0.25) is 0 Å². The molecule has 6 heteroatoms. The van der Waals surface area contributed by atoms with Gasteiger partial charge in [-0.15, -0.1) is 11.3 Å². The van der Waals surface area contributed by atoms with Crippen molar-refractivity contribution in [2.24, 2.45) is 0 Å². The van der Waals surface area contributed by atoms with Gasteiger partial charge in [0.2, 0.25) is 5.91 Å². The second kappa shape index (κ2) is 6.91. The number of nitrogens with one attached hydrogen (secondary N) is 1. The van der Waals surface area contributed by atoms with Crippen molar-refractivity contribution in [1.29, 1.82) is 0 Å². The average Bonchev–Trinajstić information content (AvgIpc) is 2.90. The Bertz CT molecular complexity index is 725. The van der Waals surface area contributed by atoms with Gasteiger partial charge in [-0.1, -0.05) is 6.07 Å². The van der Waals surface area contributed by atoms with E-state index in [4.69, 9.17) is 4.74 Å². The molecule has 2 aromatic rings. The van der Waals surface area contributed by atoms with Gasteiger partial charge in [0.15, 0.2) is 0 Å². The Labute approximate surface area is 138 Å². The summed E-state index contributed by atoms with van der Waals surface area (Å²) in [5, 5.41) is 3.38. The van der Waals surface area contributed by atoms with Gasteiger partial charge in [-0.2, -0.15) is 0 Å². The third-order valence-corrected chi connectivity index (χ3v) is 4.95. The minimum atomic E-state index is -0.390. The number of pyridine rings is 1. The molecule has 0 unspecified atom stereocenters. The highest BCUT2D eigenvalue weighted by atomic mass is 32.1. The standard InChI is InChI=1S/C17H18N2O3S/c1-11(20)19-16-15(13-7-2-3-8-14(13)23-16)17(21)22-10-12-6-4-5-9-18-12/h4-6,9H,2-3,7-8,10H2,1H3,(H,19,20). The van der Waals surface area contributed by atoms with Crippen LogP contribution in [0.3, 0.4) is 0 Å². The van der Waals surface area contributed by atoms with Crippen LogP contribution in [-0.2, 0) is 29.0 Å². The predicted octanol–water partition coefficient (Wildman–Crippen LogP) is 3.34. The molecule has 0 fully saturated rings. The van der Waals surface area contributed by atoms with Crippen molar-refractivity contribution in [2.75, 3.05) is 5.32 Å². The molecule has 5 nitrogen and oxygen atoms in total. The number of hydrogen-bond acceptors (Lipinski definition) is 5. The molecule has 1 aliphatic rings. The van der Waals surface area contributed by atoms with E-state index in [-0.39, 0.29) is 18.5 Å². The third-order valence-electron chi connectivity index (χ3n) is 3.74. The molecule has 0 aliphatic heterocycles. The molecule has 23 heavy (non-hydrogen) atoms. The summed E-state index contributed by atoms with van der Waals surface area (Å²) in [6, 6.07) is 5.48. The number of nitrogens with zero attached hydrogens (tertiary/aromatic N) is 1. The highest BCUT2D eigenvalue weighted by Crippen LogP contribution is 2.38. The number of ether oxygens (including phenoxy) is 1. The van der Waals surface area contributed by atoms with E-state index in [9.17, 15) is 9.59 Å². The van der Waals surface area contributed by atoms with Gasteiger partial charge in [0.1, 0.15) is 11.6 Å². The Hall–Kier alpha value is -2.21. The molecule has 120 valence electrons. The molecule has 0 saturated carbocycles. The van der Waals surface area contributed by atoms with Crippen LogP contribution in [0.4, 0.5) is 5.00 Å². The van der Waals surface area contributed by atoms with Crippen molar-refractivity contribution in [3.8, 4) is 0 Å². The van der Waals surface area contributed by atoms with Crippen molar-refractivity contribution in [1.82, 2.24) is 4.98 Å². The molecule has 2 heterocycles. The Morgan fingerprint density at radius 3 is 2.87 bits per heavy atom. The third kappa shape index (κ3) is 3.59. The van der Waals surface area contributed by atoms with E-state index in [0.29, 0.717) is 16.3 Å². The molecule has 1 N–H and O–H groups in total. The molecule has 0 radical (unpaired) electrons. The van der Waals surface area contributed by atoms with Gasteiger partial charge in [-0.05, 0) is 43.4 Å². The Kier molecular flexibility index (Phi) is 4.71. The number of esters is 1. The minimum absolute atomic E-state index is 0.129. The number of fused-ring (bicyclic) bond motifs is 1. The fourth-order valence-electron chi connectivity index (χ4n) is 2.72. The number of aryl methyl sites for hydroxylation is 1. The number of anilines is 1. The first-order valence-electron chi connectivity index (χ1n) is 7.64. The molecule has 1 aliphatic carbocycles. The lowest BCUT2D eigenvalue weighted by Crippen LogP contribution is -2.13. The van der Waals surface area contributed by atoms with E-state index in [2.05, 4.69) is 10.3 Å². The van der Waals surface area contributed by atoms with Gasteiger partial charge in [-0.3, -0.25) is 9.78 Å². The normalized spacial score (nSPS) is 13.3. The highest BCUT2D eigenvalue weighted by Gasteiger charge is 2.27. The fraction of sp³-hybridized carbons (Fsp3) is 0.353. The molecule has 3 rings (SSSR count). The molecule has 1 amide bonds. The molecule has 2 aromatic heterocycles. The quantitative estimate of drug-likeness (QED) is 0.873. The second-order valence-corrected chi connectivity index (χ2v) is 6.60. The highest BCUT2D eigenvalue weighted by molar-refractivity contribution is 7.17. The van der Waals surface area contributed by atoms with Crippen LogP contribution in [0.5, 0.6) is 0 Å². The predicted molar refractivity (Wildman–Crippen MR) is 88.6 cm³/mol. The van der Waals surface area contributed by atoms with Crippen LogP contribution >= 0.6 is 11.3 Å². The lowest BCUT2D eigenvalue weighted by Gasteiger charge is -2.12. The summed E-state index contributed by atoms with van der Waals surface area (Å²) in [4.78, 5) is 29.3. The number of thiophene rings is 1. The first-order valence-corrected chi connectivity index (χ1v) is 8.46. The smallest absolute Gasteiger partial charge is 0.341 e. The van der Waals surface area contributed by atoms with Crippen molar-refractivity contribution < 1.29 is 14.3 Å². The zero-order chi connectivity index (χ0) is 16.2. The molecular weight excluding hydrogens is 312 g/mol. The number of amides is 1. The van der Waals surface area contributed by atoms with E-state index in [1.54, 1.807) is 6.20 Å². The average molecular weight is 330 g/mol. The van der Waals surface area contributed by atoms with Gasteiger partial charge < -0.3 is 10.1 Å². The SMILES string of the molecule is CC(=O)Nc1sc2c(c1C(=O)OCc1ccccn1)CCCC2. The number of aromatic nitrogens is 1. The number of rotatable bonds is 4. The maximum atomic E-state index is 12.6. The lowest BCUT2D eigenvalue weighted by atomic mass is 9.95. The molecular formula is C17H18N2O3S. The van der Waals surface area contributed by atoms with Gasteiger partial charge >= 0.3 is 5.97 Å². The number of carbonyl (C=O) groups is 2. The van der Waals surface area contributed by atoms with Crippen LogP contribution < -0.4 is 5.32 Å². The molecule has 0 bridgehead atoms. The minimum Gasteiger partial charge on any atom is -0.455 e. The maximum Gasteiger partial charge on any atom is 0.341 e. The van der Waals surface area contributed by atoms with Crippen molar-refractivity contribution in [2.45, 2.75) is 39.2 Å². The van der Waals surface area contributed by atoms with Gasteiger partial charge in [0, 0.05) is 18.0 Å². The Morgan fingerprint density at radius 1 is 1.30 bits per heavy atom. The Balaban J connectivity index is 1.83. The summed E-state index contributed by atoms with van der Waals surface area (Å²) < 4.78 is 5.41. The lowest BCUT2D eigenvalue weighted by molar-refractivity contribution is -0.114. The second-order valence-electron chi connectivity index (χ2n) is 5.49. The van der Waals surface area contributed by atoms with Crippen LogP contribution in [0.1, 0.15) is 46.3 Å². The first-order chi connectivity index (χ1) is 11.1. The van der Waals surface area contributed by atoms with Crippen LogP contribution in [0.25, 0.3) is 0 Å². The summed E-state index contributed by atoms with van der Waals surface area (Å²) in [7, 11) is 0. The van der Waals surface area contributed by atoms with Crippen LogP contribution in [0.15, 0.2) is 24.4 Å². The van der Waals surface area contributed by atoms with Crippen molar-refractivity contribution >= 4 is 28.2 Å². The first kappa shape index (κ1) is 15.7. The van der Waals surface area contributed by atoms with Gasteiger partial charge in [0.05, 0.1) is 11.3 Å². The summed E-state index contributed by atoms with van der Waals surface area (Å²) in [6.45, 7) is 1.57. The summed E-state index contributed by atoms with van der Waals surface area (Å²) in [6.07, 6.45) is 5.66. The topological polar surface area (TPSA) is 68.3 Å².